The van der Waals surface area contributed by atoms with E-state index in [4.69, 9.17) is 4.74 Å². The van der Waals surface area contributed by atoms with Crippen LogP contribution in [-0.4, -0.2) is 28.8 Å². The number of hydrogen-bond donors (Lipinski definition) is 1. The lowest BCUT2D eigenvalue weighted by molar-refractivity contribution is -0.128. The first-order valence-electron chi connectivity index (χ1n) is 11.4. The molecule has 0 aliphatic heterocycles. The molecule has 1 N–H and O–H groups in total. The van der Waals surface area contributed by atoms with Crippen molar-refractivity contribution in [3.05, 3.63) is 46.8 Å². The predicted molar refractivity (Wildman–Crippen MR) is 119 cm³/mol. The SMILES string of the molecule is COc1ccc([C@H]2[C@@H]3CCCC[C@@H]3[C@@H]2NC(=O)[C@H](C)Cn2nc(C)c(C)c2C)cc1. The van der Waals surface area contributed by atoms with Gasteiger partial charge >= 0.3 is 0 Å². The third kappa shape index (κ3) is 3.75. The van der Waals surface area contributed by atoms with E-state index in [9.17, 15) is 4.79 Å². The number of rotatable bonds is 6. The maximum Gasteiger partial charge on any atom is 0.224 e. The van der Waals surface area contributed by atoms with Crippen molar-refractivity contribution in [2.75, 3.05) is 7.11 Å². The van der Waals surface area contributed by atoms with Crippen LogP contribution in [0.5, 0.6) is 5.75 Å². The molecule has 30 heavy (non-hydrogen) atoms. The van der Waals surface area contributed by atoms with Crippen molar-refractivity contribution in [2.24, 2.45) is 17.8 Å². The Morgan fingerprint density at radius 1 is 1.17 bits per heavy atom. The Morgan fingerprint density at radius 3 is 2.43 bits per heavy atom. The van der Waals surface area contributed by atoms with Gasteiger partial charge in [-0.15, -0.1) is 0 Å². The Hall–Kier alpha value is -2.30. The quantitative estimate of drug-likeness (QED) is 0.762. The third-order valence-electron chi connectivity index (χ3n) is 7.63. The standard InChI is InChI=1S/C25H35N3O2/c1-15(14-28-18(4)16(2)17(3)27-28)25(29)26-24-22-9-7-6-8-21(22)23(24)19-10-12-20(30-5)13-11-19/h10-13,15,21-24H,6-9,14H2,1-5H3,(H,26,29)/t15-,21-,22+,23+,24+/m1/s1. The molecule has 5 atom stereocenters. The van der Waals surface area contributed by atoms with E-state index in [0.29, 0.717) is 24.3 Å². The summed E-state index contributed by atoms with van der Waals surface area (Å²) in [4.78, 5) is 13.1. The number of fused-ring (bicyclic) bond motifs is 1. The van der Waals surface area contributed by atoms with Gasteiger partial charge in [0.15, 0.2) is 0 Å². The van der Waals surface area contributed by atoms with E-state index in [0.717, 1.165) is 17.1 Å². The van der Waals surface area contributed by atoms with Crippen LogP contribution in [0.25, 0.3) is 0 Å². The maximum atomic E-state index is 13.1. The minimum atomic E-state index is -0.110. The van der Waals surface area contributed by atoms with Gasteiger partial charge < -0.3 is 10.1 Å². The van der Waals surface area contributed by atoms with Gasteiger partial charge in [0.25, 0.3) is 0 Å². The molecule has 0 saturated heterocycles. The summed E-state index contributed by atoms with van der Waals surface area (Å²) in [6.45, 7) is 8.84. The number of aromatic nitrogens is 2. The van der Waals surface area contributed by atoms with E-state index in [1.54, 1.807) is 7.11 Å². The highest BCUT2D eigenvalue weighted by molar-refractivity contribution is 5.79. The molecular formula is C25H35N3O2. The number of nitrogens with zero attached hydrogens (tertiary/aromatic N) is 2. The molecule has 0 radical (unpaired) electrons. The van der Waals surface area contributed by atoms with E-state index in [2.05, 4.69) is 36.4 Å². The monoisotopic (exact) mass is 409 g/mol. The maximum absolute atomic E-state index is 13.1. The number of carbonyl (C=O) groups excluding carboxylic acids is 1. The molecule has 5 heteroatoms. The second kappa shape index (κ2) is 8.44. The zero-order valence-corrected chi connectivity index (χ0v) is 18.9. The lowest BCUT2D eigenvalue weighted by atomic mass is 9.53. The fourth-order valence-electron chi connectivity index (χ4n) is 5.56. The normalized spacial score (nSPS) is 26.4. The summed E-state index contributed by atoms with van der Waals surface area (Å²) in [7, 11) is 1.70. The third-order valence-corrected chi connectivity index (χ3v) is 7.63. The Kier molecular flexibility index (Phi) is 5.90. The highest BCUT2D eigenvalue weighted by Gasteiger charge is 2.52. The molecule has 0 bridgehead atoms. The number of ether oxygens (including phenoxy) is 1. The molecule has 1 heterocycles. The Labute approximate surface area is 180 Å². The molecule has 1 aromatic heterocycles. The molecule has 0 unspecified atom stereocenters. The number of nitrogens with one attached hydrogen (secondary N) is 1. The lowest BCUT2D eigenvalue weighted by Crippen LogP contribution is -2.60. The van der Waals surface area contributed by atoms with Crippen LogP contribution in [-0.2, 0) is 11.3 Å². The van der Waals surface area contributed by atoms with Crippen LogP contribution in [0.2, 0.25) is 0 Å². The minimum absolute atomic E-state index is 0.110. The van der Waals surface area contributed by atoms with E-state index in [1.165, 1.54) is 36.8 Å². The van der Waals surface area contributed by atoms with Crippen molar-refractivity contribution in [1.82, 2.24) is 15.1 Å². The van der Waals surface area contributed by atoms with Crippen molar-refractivity contribution in [3.8, 4) is 5.75 Å². The van der Waals surface area contributed by atoms with E-state index < -0.39 is 0 Å². The zero-order chi connectivity index (χ0) is 21.4. The molecule has 2 aliphatic rings. The fourth-order valence-corrected chi connectivity index (χ4v) is 5.56. The summed E-state index contributed by atoms with van der Waals surface area (Å²) < 4.78 is 7.31. The highest BCUT2D eigenvalue weighted by Crippen LogP contribution is 2.54. The lowest BCUT2D eigenvalue weighted by Gasteiger charge is -2.55. The summed E-state index contributed by atoms with van der Waals surface area (Å²) in [5, 5.41) is 8.06. The molecule has 0 spiro atoms. The molecule has 162 valence electrons. The Balaban J connectivity index is 1.47. The average molecular weight is 410 g/mol. The molecule has 5 nitrogen and oxygen atoms in total. The molecule has 1 aromatic carbocycles. The van der Waals surface area contributed by atoms with Crippen molar-refractivity contribution in [3.63, 3.8) is 0 Å². The summed E-state index contributed by atoms with van der Waals surface area (Å²) in [6.07, 6.45) is 5.09. The number of methoxy groups -OCH3 is 1. The largest absolute Gasteiger partial charge is 0.497 e. The van der Waals surface area contributed by atoms with Crippen molar-refractivity contribution in [1.29, 1.82) is 0 Å². The second-order valence-electron chi connectivity index (χ2n) is 9.32. The fraction of sp³-hybridized carbons (Fsp3) is 0.600. The summed E-state index contributed by atoms with van der Waals surface area (Å²) in [5.41, 5.74) is 4.74. The van der Waals surface area contributed by atoms with Crippen LogP contribution in [0.15, 0.2) is 24.3 Å². The Bertz CT molecular complexity index is 902. The van der Waals surface area contributed by atoms with E-state index in [-0.39, 0.29) is 17.9 Å². The van der Waals surface area contributed by atoms with Gasteiger partial charge in [-0.05, 0) is 68.7 Å². The van der Waals surface area contributed by atoms with Gasteiger partial charge in [0, 0.05) is 17.7 Å². The van der Waals surface area contributed by atoms with Gasteiger partial charge in [0.1, 0.15) is 5.75 Å². The van der Waals surface area contributed by atoms with Crippen LogP contribution in [0, 0.1) is 38.5 Å². The van der Waals surface area contributed by atoms with Gasteiger partial charge in [0.05, 0.1) is 25.3 Å². The van der Waals surface area contributed by atoms with Crippen LogP contribution in [0.1, 0.15) is 61.0 Å². The van der Waals surface area contributed by atoms with Crippen LogP contribution >= 0.6 is 0 Å². The van der Waals surface area contributed by atoms with E-state index in [1.807, 2.05) is 30.7 Å². The topological polar surface area (TPSA) is 56.1 Å². The van der Waals surface area contributed by atoms with Crippen LogP contribution in [0.4, 0.5) is 0 Å². The smallest absolute Gasteiger partial charge is 0.224 e. The first-order valence-corrected chi connectivity index (χ1v) is 11.4. The number of amides is 1. The molecule has 2 aromatic rings. The number of hydrogen-bond acceptors (Lipinski definition) is 3. The van der Waals surface area contributed by atoms with E-state index >= 15 is 0 Å². The molecule has 2 saturated carbocycles. The van der Waals surface area contributed by atoms with Crippen LogP contribution < -0.4 is 10.1 Å². The van der Waals surface area contributed by atoms with Gasteiger partial charge in [-0.3, -0.25) is 9.48 Å². The molecule has 4 rings (SSSR count). The van der Waals surface area contributed by atoms with Crippen molar-refractivity contribution < 1.29 is 9.53 Å². The van der Waals surface area contributed by atoms with Crippen molar-refractivity contribution in [2.45, 2.75) is 71.9 Å². The summed E-state index contributed by atoms with van der Waals surface area (Å²) >= 11 is 0. The average Bonchev–Trinajstić information content (AvgIpc) is 2.99. The summed E-state index contributed by atoms with van der Waals surface area (Å²) in [5.74, 6) is 2.62. The molecule has 1 amide bonds. The van der Waals surface area contributed by atoms with Crippen LogP contribution in [0.3, 0.4) is 0 Å². The second-order valence-corrected chi connectivity index (χ2v) is 9.32. The molecule has 2 aliphatic carbocycles. The van der Waals surface area contributed by atoms with Gasteiger partial charge in [0.2, 0.25) is 5.91 Å². The predicted octanol–water partition coefficient (Wildman–Crippen LogP) is 4.54. The van der Waals surface area contributed by atoms with Gasteiger partial charge in [-0.1, -0.05) is 31.9 Å². The van der Waals surface area contributed by atoms with Gasteiger partial charge in [-0.25, -0.2) is 0 Å². The minimum Gasteiger partial charge on any atom is -0.497 e. The first-order chi connectivity index (χ1) is 14.4. The summed E-state index contributed by atoms with van der Waals surface area (Å²) in [6, 6.07) is 8.67. The first kappa shape index (κ1) is 21.0. The van der Waals surface area contributed by atoms with Crippen molar-refractivity contribution >= 4 is 5.91 Å². The number of carbonyl (C=O) groups is 1. The molecule has 2 fully saturated rings. The molecular weight excluding hydrogens is 374 g/mol. The zero-order valence-electron chi connectivity index (χ0n) is 18.9. The number of benzene rings is 1. The van der Waals surface area contributed by atoms with Gasteiger partial charge in [-0.2, -0.15) is 5.10 Å². The Morgan fingerprint density at radius 2 is 1.83 bits per heavy atom. The number of aryl methyl sites for hydroxylation is 1. The highest BCUT2D eigenvalue weighted by atomic mass is 16.5.